The van der Waals surface area contributed by atoms with Gasteiger partial charge in [-0.2, -0.15) is 0 Å². The molecule has 0 aromatic carbocycles. The number of β-lactam (4-membered cyclic amide) rings is 1. The lowest BCUT2D eigenvalue weighted by Gasteiger charge is -2.50. The van der Waals surface area contributed by atoms with E-state index in [-0.39, 0.29) is 5.12 Å². The standard InChI is InChI=1S/C14H21NO7SSi/c1-7(22-24(2,3)4)8-9(10-14(20)23-6-5-21-10)15(11(8)16)12(17)13(18)19/h7-10H,5-6H2,1-4H3,(H,18,19)/t7-,8-,9+,10+/m1/s1. The van der Waals surface area contributed by atoms with Gasteiger partial charge in [-0.1, -0.05) is 11.8 Å². The van der Waals surface area contributed by atoms with Crippen molar-refractivity contribution in [1.29, 1.82) is 0 Å². The van der Waals surface area contributed by atoms with Crippen LogP contribution in [0.1, 0.15) is 6.92 Å². The molecule has 24 heavy (non-hydrogen) atoms. The van der Waals surface area contributed by atoms with Crippen molar-refractivity contribution in [2.45, 2.75) is 44.8 Å². The maximum absolute atomic E-state index is 12.4. The molecule has 2 heterocycles. The Kier molecular flexibility index (Phi) is 5.53. The zero-order valence-electron chi connectivity index (χ0n) is 14.0. The number of carbonyl (C=O) groups is 4. The van der Waals surface area contributed by atoms with Gasteiger partial charge in [0.1, 0.15) is 6.10 Å². The van der Waals surface area contributed by atoms with Crippen LogP contribution in [0, 0.1) is 5.92 Å². The van der Waals surface area contributed by atoms with Crippen molar-refractivity contribution in [2.75, 3.05) is 12.4 Å². The van der Waals surface area contributed by atoms with Crippen LogP contribution in [-0.4, -0.2) is 71.8 Å². The fourth-order valence-corrected chi connectivity index (χ4v) is 5.02. The third-order valence-corrected chi connectivity index (χ3v) is 5.77. The fourth-order valence-electron chi connectivity index (χ4n) is 3.01. The molecule has 0 aliphatic carbocycles. The number of likely N-dealkylation sites (tertiary alicyclic amines) is 1. The molecular weight excluding hydrogens is 354 g/mol. The van der Waals surface area contributed by atoms with Crippen LogP contribution in [0.25, 0.3) is 0 Å². The number of imide groups is 1. The maximum Gasteiger partial charge on any atom is 0.395 e. The lowest BCUT2D eigenvalue weighted by Crippen LogP contribution is -2.73. The summed E-state index contributed by atoms with van der Waals surface area (Å²) >= 11 is 1.06. The van der Waals surface area contributed by atoms with E-state index >= 15 is 0 Å². The van der Waals surface area contributed by atoms with E-state index in [0.29, 0.717) is 17.3 Å². The SMILES string of the molecule is C[C@@H](O[Si](C)(C)C)[C@H]1C(=O)N(C(=O)C(=O)O)[C@@H]1[C@@H]1OCCSC1=O. The van der Waals surface area contributed by atoms with Crippen LogP contribution < -0.4 is 0 Å². The van der Waals surface area contributed by atoms with Crippen LogP contribution in [0.5, 0.6) is 0 Å². The first-order valence-corrected chi connectivity index (χ1v) is 12.0. The van der Waals surface area contributed by atoms with Gasteiger partial charge < -0.3 is 14.3 Å². The Labute approximate surface area is 145 Å². The number of nitrogens with zero attached hydrogens (tertiary/aromatic N) is 1. The predicted molar refractivity (Wildman–Crippen MR) is 87.9 cm³/mol. The molecule has 2 aliphatic heterocycles. The lowest BCUT2D eigenvalue weighted by molar-refractivity contribution is -0.187. The third-order valence-electron chi connectivity index (χ3n) is 3.80. The van der Waals surface area contributed by atoms with E-state index in [0.717, 1.165) is 11.8 Å². The molecule has 0 saturated carbocycles. The molecule has 134 valence electrons. The minimum absolute atomic E-state index is 0.299. The molecule has 0 bridgehead atoms. The molecule has 10 heteroatoms. The molecule has 2 amide bonds. The Morgan fingerprint density at radius 3 is 2.50 bits per heavy atom. The molecule has 4 atom stereocenters. The van der Waals surface area contributed by atoms with Gasteiger partial charge in [0.05, 0.1) is 24.7 Å². The highest BCUT2D eigenvalue weighted by molar-refractivity contribution is 8.13. The number of carbonyl (C=O) groups excluding carboxylic acids is 3. The van der Waals surface area contributed by atoms with E-state index in [1.165, 1.54) is 0 Å². The number of amides is 2. The van der Waals surface area contributed by atoms with E-state index < -0.39 is 50.3 Å². The van der Waals surface area contributed by atoms with Gasteiger partial charge in [0, 0.05) is 5.75 Å². The van der Waals surface area contributed by atoms with Crippen molar-refractivity contribution < 1.29 is 33.4 Å². The van der Waals surface area contributed by atoms with Gasteiger partial charge in [0.25, 0.3) is 0 Å². The summed E-state index contributed by atoms with van der Waals surface area (Å²) in [7, 11) is -1.97. The Bertz CT molecular complexity index is 576. The number of hydrogen-bond acceptors (Lipinski definition) is 7. The van der Waals surface area contributed by atoms with Crippen LogP contribution in [0.15, 0.2) is 0 Å². The van der Waals surface area contributed by atoms with Gasteiger partial charge in [0.2, 0.25) is 11.0 Å². The number of hydrogen-bond donors (Lipinski definition) is 1. The molecule has 2 rings (SSSR count). The van der Waals surface area contributed by atoms with Crippen molar-refractivity contribution in [3.63, 3.8) is 0 Å². The van der Waals surface area contributed by atoms with E-state index in [4.69, 9.17) is 14.3 Å². The van der Waals surface area contributed by atoms with Gasteiger partial charge in [0.15, 0.2) is 8.32 Å². The number of rotatable bonds is 4. The lowest BCUT2D eigenvalue weighted by atomic mass is 9.80. The Balaban J connectivity index is 2.28. The van der Waals surface area contributed by atoms with E-state index in [1.54, 1.807) is 6.92 Å². The first-order chi connectivity index (χ1) is 11.0. The maximum atomic E-state index is 12.4. The molecule has 0 aromatic rings. The van der Waals surface area contributed by atoms with Crippen LogP contribution in [0.3, 0.4) is 0 Å². The van der Waals surface area contributed by atoms with Crippen LogP contribution >= 0.6 is 11.8 Å². The average Bonchev–Trinajstić information content (AvgIpc) is 2.43. The van der Waals surface area contributed by atoms with E-state index in [2.05, 4.69) is 0 Å². The minimum Gasteiger partial charge on any atom is -0.474 e. The highest BCUT2D eigenvalue weighted by atomic mass is 32.2. The molecule has 2 saturated heterocycles. The summed E-state index contributed by atoms with van der Waals surface area (Å²) in [6.07, 6.45) is -1.54. The zero-order chi connectivity index (χ0) is 18.2. The second kappa shape index (κ2) is 6.94. The summed E-state index contributed by atoms with van der Waals surface area (Å²) < 4.78 is 11.4. The summed E-state index contributed by atoms with van der Waals surface area (Å²) in [5, 5.41) is 8.63. The second-order valence-corrected chi connectivity index (χ2v) is 12.3. The van der Waals surface area contributed by atoms with Crippen molar-refractivity contribution in [3.05, 3.63) is 0 Å². The van der Waals surface area contributed by atoms with Gasteiger partial charge in [-0.3, -0.25) is 19.3 Å². The quantitative estimate of drug-likeness (QED) is 0.425. The summed E-state index contributed by atoms with van der Waals surface area (Å²) in [5.41, 5.74) is 0. The smallest absolute Gasteiger partial charge is 0.395 e. The van der Waals surface area contributed by atoms with Crippen molar-refractivity contribution in [1.82, 2.24) is 4.90 Å². The highest BCUT2D eigenvalue weighted by Crippen LogP contribution is 2.38. The summed E-state index contributed by atoms with van der Waals surface area (Å²) in [6.45, 7) is 7.88. The first-order valence-electron chi connectivity index (χ1n) is 7.61. The van der Waals surface area contributed by atoms with E-state index in [1.807, 2.05) is 19.6 Å². The van der Waals surface area contributed by atoms with Crippen molar-refractivity contribution in [2.24, 2.45) is 5.92 Å². The van der Waals surface area contributed by atoms with Crippen LogP contribution in [0.2, 0.25) is 19.6 Å². The molecule has 0 radical (unpaired) electrons. The van der Waals surface area contributed by atoms with Crippen LogP contribution in [-0.2, 0) is 28.3 Å². The molecule has 2 fully saturated rings. The number of carboxylic acid groups (broad SMARTS) is 1. The molecule has 0 aromatic heterocycles. The van der Waals surface area contributed by atoms with Crippen molar-refractivity contribution >= 4 is 43.0 Å². The first kappa shape index (κ1) is 19.1. The molecule has 2 aliphatic rings. The topological polar surface area (TPSA) is 110 Å². The monoisotopic (exact) mass is 375 g/mol. The number of carboxylic acids is 1. The summed E-state index contributed by atoms with van der Waals surface area (Å²) in [5.74, 6) is -3.98. The zero-order valence-corrected chi connectivity index (χ0v) is 15.8. The molecule has 8 nitrogen and oxygen atoms in total. The van der Waals surface area contributed by atoms with Crippen molar-refractivity contribution in [3.8, 4) is 0 Å². The number of thioether (sulfide) groups is 1. The largest absolute Gasteiger partial charge is 0.474 e. The molecular formula is C14H21NO7SSi. The predicted octanol–water partition coefficient (Wildman–Crippen LogP) is 0.323. The van der Waals surface area contributed by atoms with Gasteiger partial charge in [-0.25, -0.2) is 4.79 Å². The number of aliphatic carboxylic acids is 1. The molecule has 0 unspecified atom stereocenters. The Hall–Kier alpha value is -1.23. The second-order valence-electron chi connectivity index (χ2n) is 6.73. The van der Waals surface area contributed by atoms with Gasteiger partial charge >= 0.3 is 11.9 Å². The average molecular weight is 375 g/mol. The third kappa shape index (κ3) is 3.71. The van der Waals surface area contributed by atoms with Gasteiger partial charge in [-0.15, -0.1) is 0 Å². The van der Waals surface area contributed by atoms with Gasteiger partial charge in [-0.05, 0) is 26.6 Å². The Morgan fingerprint density at radius 2 is 2.00 bits per heavy atom. The summed E-state index contributed by atoms with van der Waals surface area (Å²) in [6, 6.07) is -0.937. The minimum atomic E-state index is -1.97. The summed E-state index contributed by atoms with van der Waals surface area (Å²) in [4.78, 5) is 48.0. The molecule has 0 spiro atoms. The molecule has 1 N–H and O–H groups in total. The number of ether oxygens (including phenoxy) is 1. The fraction of sp³-hybridized carbons (Fsp3) is 0.714. The normalized spacial score (nSPS) is 29.2. The van der Waals surface area contributed by atoms with Crippen LogP contribution in [0.4, 0.5) is 0 Å². The van der Waals surface area contributed by atoms with E-state index in [9.17, 15) is 19.2 Å². The Morgan fingerprint density at radius 1 is 1.38 bits per heavy atom. The highest BCUT2D eigenvalue weighted by Gasteiger charge is 2.60.